The number of carbonyl (C=O) groups is 1. The van der Waals surface area contributed by atoms with E-state index in [0.29, 0.717) is 13.0 Å². The molecule has 0 saturated carbocycles. The maximum Gasteiger partial charge on any atom is 0.303 e. The fourth-order valence-electron chi connectivity index (χ4n) is 1.34. The molecule has 0 aliphatic carbocycles. The van der Waals surface area contributed by atoms with Crippen molar-refractivity contribution in [2.24, 2.45) is 0 Å². The Morgan fingerprint density at radius 2 is 2.19 bits per heavy atom. The van der Waals surface area contributed by atoms with Crippen LogP contribution in [0.3, 0.4) is 0 Å². The summed E-state index contributed by atoms with van der Waals surface area (Å²) in [5.74, 6) is 0.110. The number of carboxylic acid groups (broad SMARTS) is 1. The summed E-state index contributed by atoms with van der Waals surface area (Å²) in [5.41, 5.74) is 1.08. The summed E-state index contributed by atoms with van der Waals surface area (Å²) in [6.07, 6.45) is 1.63. The summed E-state index contributed by atoms with van der Waals surface area (Å²) < 4.78 is 6.59. The summed E-state index contributed by atoms with van der Waals surface area (Å²) in [6.45, 7) is 2.55. The van der Waals surface area contributed by atoms with Crippen LogP contribution < -0.4 is 4.74 Å². The number of aryl methyl sites for hydroxylation is 1. The minimum Gasteiger partial charge on any atom is -0.493 e. The van der Waals surface area contributed by atoms with Gasteiger partial charge in [0.1, 0.15) is 5.75 Å². The Labute approximate surface area is 104 Å². The fraction of sp³-hybridized carbons (Fsp3) is 0.417. The van der Waals surface area contributed by atoms with Crippen LogP contribution in [0, 0.1) is 6.92 Å². The molecule has 0 heterocycles. The first-order valence-corrected chi connectivity index (χ1v) is 5.99. The quantitative estimate of drug-likeness (QED) is 0.816. The van der Waals surface area contributed by atoms with Gasteiger partial charge in [0.2, 0.25) is 0 Å². The Balaban J connectivity index is 2.29. The van der Waals surface area contributed by atoms with Crippen molar-refractivity contribution in [3.8, 4) is 5.75 Å². The van der Waals surface area contributed by atoms with E-state index >= 15 is 0 Å². The van der Waals surface area contributed by atoms with E-state index in [4.69, 9.17) is 9.84 Å². The van der Waals surface area contributed by atoms with Gasteiger partial charge in [-0.1, -0.05) is 15.9 Å². The van der Waals surface area contributed by atoms with Gasteiger partial charge in [-0.15, -0.1) is 0 Å². The molecule has 0 radical (unpaired) electrons. The highest BCUT2D eigenvalue weighted by molar-refractivity contribution is 9.10. The smallest absolute Gasteiger partial charge is 0.303 e. The van der Waals surface area contributed by atoms with Gasteiger partial charge in [0.25, 0.3) is 0 Å². The van der Waals surface area contributed by atoms with Gasteiger partial charge in [0.05, 0.1) is 6.61 Å². The molecule has 4 heteroatoms. The molecule has 0 fully saturated rings. The van der Waals surface area contributed by atoms with Crippen molar-refractivity contribution in [3.63, 3.8) is 0 Å². The van der Waals surface area contributed by atoms with Crippen LogP contribution in [-0.4, -0.2) is 17.7 Å². The van der Waals surface area contributed by atoms with Crippen molar-refractivity contribution in [3.05, 3.63) is 28.2 Å². The molecule has 1 N–H and O–H groups in total. The number of aliphatic carboxylic acids is 1. The van der Waals surface area contributed by atoms with E-state index in [1.165, 1.54) is 0 Å². The van der Waals surface area contributed by atoms with Crippen molar-refractivity contribution >= 4 is 21.9 Å². The highest BCUT2D eigenvalue weighted by Gasteiger charge is 2.00. The Hall–Kier alpha value is -1.03. The minimum absolute atomic E-state index is 0.211. The molecule has 0 bridgehead atoms. The Morgan fingerprint density at radius 1 is 1.44 bits per heavy atom. The zero-order chi connectivity index (χ0) is 12.0. The van der Waals surface area contributed by atoms with Gasteiger partial charge in [-0.05, 0) is 43.5 Å². The molecule has 0 atom stereocenters. The van der Waals surface area contributed by atoms with E-state index in [-0.39, 0.29) is 6.42 Å². The van der Waals surface area contributed by atoms with Crippen LogP contribution in [-0.2, 0) is 4.79 Å². The van der Waals surface area contributed by atoms with Gasteiger partial charge < -0.3 is 9.84 Å². The van der Waals surface area contributed by atoms with Crippen molar-refractivity contribution in [2.75, 3.05) is 6.61 Å². The maximum atomic E-state index is 10.3. The molecule has 0 aromatic heterocycles. The van der Waals surface area contributed by atoms with Crippen LogP contribution in [0.2, 0.25) is 0 Å². The first-order chi connectivity index (χ1) is 7.59. The van der Waals surface area contributed by atoms with Gasteiger partial charge >= 0.3 is 5.97 Å². The standard InChI is InChI=1S/C12H15BrO3/c1-9-8-10(13)5-6-11(9)16-7-3-2-4-12(14)15/h5-6,8H,2-4,7H2,1H3,(H,14,15). The zero-order valence-electron chi connectivity index (χ0n) is 9.20. The number of halogens is 1. The van der Waals surface area contributed by atoms with E-state index in [1.54, 1.807) is 0 Å². The summed E-state index contributed by atoms with van der Waals surface area (Å²) in [4.78, 5) is 10.3. The van der Waals surface area contributed by atoms with Crippen molar-refractivity contribution in [2.45, 2.75) is 26.2 Å². The summed E-state index contributed by atoms with van der Waals surface area (Å²) >= 11 is 3.38. The number of carboxylic acids is 1. The topological polar surface area (TPSA) is 46.5 Å². The number of rotatable bonds is 6. The van der Waals surface area contributed by atoms with Crippen molar-refractivity contribution < 1.29 is 14.6 Å². The molecule has 1 rings (SSSR count). The lowest BCUT2D eigenvalue weighted by Crippen LogP contribution is -2.01. The third kappa shape index (κ3) is 4.66. The molecule has 0 spiro atoms. The molecule has 3 nitrogen and oxygen atoms in total. The zero-order valence-corrected chi connectivity index (χ0v) is 10.8. The predicted molar refractivity (Wildman–Crippen MR) is 65.9 cm³/mol. The lowest BCUT2D eigenvalue weighted by molar-refractivity contribution is -0.137. The van der Waals surface area contributed by atoms with Crippen LogP contribution in [0.4, 0.5) is 0 Å². The molecular formula is C12H15BrO3. The molecule has 0 saturated heterocycles. The summed E-state index contributed by atoms with van der Waals surface area (Å²) in [7, 11) is 0. The fourth-order valence-corrected chi connectivity index (χ4v) is 1.81. The van der Waals surface area contributed by atoms with Crippen LogP contribution in [0.5, 0.6) is 5.75 Å². The van der Waals surface area contributed by atoms with E-state index in [2.05, 4.69) is 15.9 Å². The van der Waals surface area contributed by atoms with Gasteiger partial charge in [-0.3, -0.25) is 4.79 Å². The van der Waals surface area contributed by atoms with E-state index < -0.39 is 5.97 Å². The van der Waals surface area contributed by atoms with E-state index in [9.17, 15) is 4.79 Å². The molecule has 1 aromatic carbocycles. The molecular weight excluding hydrogens is 272 g/mol. The second-order valence-electron chi connectivity index (χ2n) is 3.61. The molecule has 0 unspecified atom stereocenters. The number of hydrogen-bond donors (Lipinski definition) is 1. The van der Waals surface area contributed by atoms with E-state index in [0.717, 1.165) is 22.2 Å². The number of ether oxygens (including phenoxy) is 1. The maximum absolute atomic E-state index is 10.3. The van der Waals surface area contributed by atoms with Gasteiger partial charge in [0, 0.05) is 10.9 Å². The van der Waals surface area contributed by atoms with Gasteiger partial charge in [0.15, 0.2) is 0 Å². The minimum atomic E-state index is -0.750. The number of benzene rings is 1. The molecule has 16 heavy (non-hydrogen) atoms. The molecule has 1 aromatic rings. The number of unbranched alkanes of at least 4 members (excludes halogenated alkanes) is 1. The monoisotopic (exact) mass is 286 g/mol. The van der Waals surface area contributed by atoms with Crippen molar-refractivity contribution in [1.29, 1.82) is 0 Å². The molecule has 88 valence electrons. The molecule has 0 amide bonds. The lowest BCUT2D eigenvalue weighted by Gasteiger charge is -2.08. The number of hydrogen-bond acceptors (Lipinski definition) is 2. The third-order valence-corrected chi connectivity index (χ3v) is 2.67. The predicted octanol–water partition coefficient (Wildman–Crippen LogP) is 3.39. The third-order valence-electron chi connectivity index (χ3n) is 2.18. The van der Waals surface area contributed by atoms with Crippen LogP contribution in [0.15, 0.2) is 22.7 Å². The Bertz CT molecular complexity index is 363. The van der Waals surface area contributed by atoms with Crippen LogP contribution in [0.25, 0.3) is 0 Å². The highest BCUT2D eigenvalue weighted by Crippen LogP contribution is 2.22. The second kappa shape index (κ2) is 6.53. The van der Waals surface area contributed by atoms with Gasteiger partial charge in [-0.2, -0.15) is 0 Å². The Kier molecular flexibility index (Phi) is 5.32. The first kappa shape index (κ1) is 13.0. The summed E-state index contributed by atoms with van der Waals surface area (Å²) in [6, 6.07) is 5.84. The molecule has 0 aliphatic rings. The average molecular weight is 287 g/mol. The molecule has 0 aliphatic heterocycles. The van der Waals surface area contributed by atoms with Crippen LogP contribution in [0.1, 0.15) is 24.8 Å². The van der Waals surface area contributed by atoms with Crippen LogP contribution >= 0.6 is 15.9 Å². The van der Waals surface area contributed by atoms with Crippen molar-refractivity contribution in [1.82, 2.24) is 0 Å². The highest BCUT2D eigenvalue weighted by atomic mass is 79.9. The summed E-state index contributed by atoms with van der Waals surface area (Å²) in [5, 5.41) is 8.46. The van der Waals surface area contributed by atoms with Gasteiger partial charge in [-0.25, -0.2) is 0 Å². The average Bonchev–Trinajstić information content (AvgIpc) is 2.20. The largest absolute Gasteiger partial charge is 0.493 e. The second-order valence-corrected chi connectivity index (χ2v) is 4.52. The Morgan fingerprint density at radius 3 is 2.81 bits per heavy atom. The van der Waals surface area contributed by atoms with E-state index in [1.807, 2.05) is 25.1 Å². The first-order valence-electron chi connectivity index (χ1n) is 5.20. The SMILES string of the molecule is Cc1cc(Br)ccc1OCCCCC(=O)O. The lowest BCUT2D eigenvalue weighted by atomic mass is 10.2. The normalized spacial score (nSPS) is 10.1.